The Morgan fingerprint density at radius 1 is 1.14 bits per heavy atom. The Balaban J connectivity index is 1.89. The maximum absolute atomic E-state index is 12.5. The summed E-state index contributed by atoms with van der Waals surface area (Å²) in [5.74, 6) is -0.0833. The molecular weight excluding hydrogens is 376 g/mol. The molecular formula is C20H19N4O3S+. The number of phenols is 2. The number of nitrogens with zero attached hydrogens (tertiary/aromatic N) is 2. The first-order chi connectivity index (χ1) is 13.4. The molecule has 0 unspecified atom stereocenters. The zero-order valence-corrected chi connectivity index (χ0v) is 16.2. The van der Waals surface area contributed by atoms with E-state index >= 15 is 0 Å². The van der Waals surface area contributed by atoms with Crippen LogP contribution < -0.4 is 0 Å². The molecule has 0 aliphatic carbocycles. The third-order valence-electron chi connectivity index (χ3n) is 4.78. The molecule has 0 spiro atoms. The van der Waals surface area contributed by atoms with Gasteiger partial charge in [0, 0.05) is 29.2 Å². The Morgan fingerprint density at radius 2 is 1.93 bits per heavy atom. The van der Waals surface area contributed by atoms with Crippen LogP contribution in [0.15, 0.2) is 36.4 Å². The highest BCUT2D eigenvalue weighted by atomic mass is 32.1. The SMILES string of the molecule is CN(C)C(=O)[N+]1=CCc2c(-c3c(-c4ccc(O)cc4O)[nH][nH]c3=S)cccc21. The third kappa shape index (κ3) is 2.78. The topological polar surface area (TPSA) is 95.4 Å². The number of hydrogen-bond donors (Lipinski definition) is 4. The van der Waals surface area contributed by atoms with Crippen molar-refractivity contribution in [2.24, 2.45) is 0 Å². The van der Waals surface area contributed by atoms with Crippen LogP contribution in [-0.4, -0.2) is 56.2 Å². The van der Waals surface area contributed by atoms with E-state index in [-0.39, 0.29) is 17.5 Å². The van der Waals surface area contributed by atoms with Crippen LogP contribution in [0.1, 0.15) is 5.56 Å². The van der Waals surface area contributed by atoms with Crippen molar-refractivity contribution in [1.29, 1.82) is 0 Å². The van der Waals surface area contributed by atoms with Gasteiger partial charge in [0.15, 0.2) is 0 Å². The number of aromatic nitrogens is 2. The molecule has 8 heteroatoms. The van der Waals surface area contributed by atoms with E-state index < -0.39 is 0 Å². The molecule has 0 radical (unpaired) electrons. The van der Waals surface area contributed by atoms with E-state index in [1.165, 1.54) is 17.0 Å². The van der Waals surface area contributed by atoms with Crippen LogP contribution in [0.5, 0.6) is 11.5 Å². The van der Waals surface area contributed by atoms with Crippen molar-refractivity contribution < 1.29 is 19.6 Å². The summed E-state index contributed by atoms with van der Waals surface area (Å²) in [6, 6.07) is 10.0. The molecule has 3 aromatic rings. The molecule has 28 heavy (non-hydrogen) atoms. The summed E-state index contributed by atoms with van der Waals surface area (Å²) in [4.78, 5) is 14.0. The molecule has 1 aromatic heterocycles. The minimum Gasteiger partial charge on any atom is -0.508 e. The summed E-state index contributed by atoms with van der Waals surface area (Å²) in [6.07, 6.45) is 2.44. The number of rotatable bonds is 2. The van der Waals surface area contributed by atoms with Gasteiger partial charge in [-0.3, -0.25) is 10.2 Å². The lowest BCUT2D eigenvalue weighted by atomic mass is 9.95. The quantitative estimate of drug-likeness (QED) is 0.392. The fourth-order valence-electron chi connectivity index (χ4n) is 3.47. The third-order valence-corrected chi connectivity index (χ3v) is 5.08. The Hall–Kier alpha value is -3.39. The number of amides is 2. The van der Waals surface area contributed by atoms with Gasteiger partial charge in [0.05, 0.1) is 26.0 Å². The summed E-state index contributed by atoms with van der Waals surface area (Å²) in [5.41, 5.74) is 4.55. The fourth-order valence-corrected chi connectivity index (χ4v) is 3.74. The number of urea groups is 1. The second kappa shape index (κ2) is 6.65. The first kappa shape index (κ1) is 18.0. The predicted octanol–water partition coefficient (Wildman–Crippen LogP) is 3.77. The van der Waals surface area contributed by atoms with Gasteiger partial charge in [-0.1, -0.05) is 24.4 Å². The summed E-state index contributed by atoms with van der Waals surface area (Å²) >= 11 is 5.50. The number of aromatic amines is 2. The second-order valence-corrected chi connectivity index (χ2v) is 7.18. The summed E-state index contributed by atoms with van der Waals surface area (Å²) < 4.78 is 2.13. The molecule has 0 bridgehead atoms. The maximum atomic E-state index is 12.5. The molecule has 1 aliphatic rings. The first-order valence-electron chi connectivity index (χ1n) is 8.67. The monoisotopic (exact) mass is 395 g/mol. The van der Waals surface area contributed by atoms with E-state index in [9.17, 15) is 15.0 Å². The standard InChI is InChI=1S/C20H18N4O3S/c1-23(2)20(27)24-9-8-12-13(4-3-5-15(12)24)17-18(21-22-19(17)28)14-7-6-11(25)10-16(14)26/h3-7,9-10H,8H2,1-2H3,(H3-,21,22,25,26,28)/p+1. The average molecular weight is 395 g/mol. The smallest absolute Gasteiger partial charge is 0.497 e. The van der Waals surface area contributed by atoms with Crippen LogP contribution in [-0.2, 0) is 6.42 Å². The number of phenolic OH excluding ortho intramolecular Hbond substituents is 2. The van der Waals surface area contributed by atoms with E-state index in [2.05, 4.69) is 10.2 Å². The molecule has 0 atom stereocenters. The fraction of sp³-hybridized carbons (Fsp3) is 0.150. The average Bonchev–Trinajstić information content (AvgIpc) is 3.24. The van der Waals surface area contributed by atoms with Gasteiger partial charge in [-0.2, -0.15) is 9.37 Å². The van der Waals surface area contributed by atoms with E-state index in [1.807, 2.05) is 24.4 Å². The number of H-pyrrole nitrogens is 2. The van der Waals surface area contributed by atoms with Crippen molar-refractivity contribution >= 4 is 30.2 Å². The highest BCUT2D eigenvalue weighted by Crippen LogP contribution is 2.41. The van der Waals surface area contributed by atoms with Gasteiger partial charge in [-0.05, 0) is 23.8 Å². The van der Waals surface area contributed by atoms with Crippen LogP contribution in [0.4, 0.5) is 10.5 Å². The van der Waals surface area contributed by atoms with Crippen molar-refractivity contribution in [2.45, 2.75) is 6.42 Å². The molecule has 0 saturated carbocycles. The van der Waals surface area contributed by atoms with Crippen molar-refractivity contribution in [3.05, 3.63) is 46.6 Å². The zero-order valence-electron chi connectivity index (χ0n) is 15.4. The Bertz CT molecular complexity index is 1190. The number of benzene rings is 2. The lowest BCUT2D eigenvalue weighted by molar-refractivity contribution is -0.334. The van der Waals surface area contributed by atoms with Crippen molar-refractivity contribution in [2.75, 3.05) is 14.1 Å². The van der Waals surface area contributed by atoms with Gasteiger partial charge in [0.25, 0.3) is 0 Å². The van der Waals surface area contributed by atoms with E-state index in [4.69, 9.17) is 12.2 Å². The minimum atomic E-state index is -0.119. The van der Waals surface area contributed by atoms with E-state index in [0.717, 1.165) is 22.4 Å². The van der Waals surface area contributed by atoms with Crippen molar-refractivity contribution in [3.8, 4) is 33.9 Å². The van der Waals surface area contributed by atoms with Crippen LogP contribution in [0, 0.1) is 4.64 Å². The second-order valence-electron chi connectivity index (χ2n) is 6.77. The normalized spacial score (nSPS) is 12.6. The van der Waals surface area contributed by atoms with Gasteiger partial charge >= 0.3 is 6.03 Å². The molecule has 2 amide bonds. The molecule has 2 heterocycles. The molecule has 7 nitrogen and oxygen atoms in total. The van der Waals surface area contributed by atoms with Gasteiger partial charge in [-0.15, -0.1) is 0 Å². The van der Waals surface area contributed by atoms with E-state index in [1.54, 1.807) is 24.7 Å². The minimum absolute atomic E-state index is 0.0232. The molecule has 4 N–H and O–H groups in total. The number of aromatic hydroxyl groups is 2. The molecule has 142 valence electrons. The number of carbonyl (C=O) groups excluding carboxylic acids is 1. The lowest BCUT2D eigenvalue weighted by Crippen LogP contribution is -2.28. The molecule has 2 aromatic carbocycles. The summed E-state index contributed by atoms with van der Waals surface area (Å²) in [5, 5.41) is 25.8. The zero-order chi connectivity index (χ0) is 20.0. The Kier molecular flexibility index (Phi) is 4.27. The molecule has 0 fully saturated rings. The van der Waals surface area contributed by atoms with Crippen molar-refractivity contribution in [3.63, 3.8) is 0 Å². The summed E-state index contributed by atoms with van der Waals surface area (Å²) in [7, 11) is 3.43. The number of fused-ring (bicyclic) bond motifs is 1. The molecule has 0 saturated heterocycles. The number of hydrogen-bond acceptors (Lipinski definition) is 4. The van der Waals surface area contributed by atoms with Crippen LogP contribution in [0.2, 0.25) is 0 Å². The van der Waals surface area contributed by atoms with Crippen molar-refractivity contribution in [1.82, 2.24) is 15.1 Å². The Morgan fingerprint density at radius 3 is 2.64 bits per heavy atom. The van der Waals surface area contributed by atoms with Crippen LogP contribution >= 0.6 is 12.2 Å². The van der Waals surface area contributed by atoms with Gasteiger partial charge in [0.2, 0.25) is 0 Å². The Labute approximate surface area is 166 Å². The predicted molar refractivity (Wildman–Crippen MR) is 109 cm³/mol. The highest BCUT2D eigenvalue weighted by Gasteiger charge is 2.30. The lowest BCUT2D eigenvalue weighted by Gasteiger charge is -2.11. The maximum Gasteiger partial charge on any atom is 0.497 e. The molecule has 1 aliphatic heterocycles. The summed E-state index contributed by atoms with van der Waals surface area (Å²) in [6.45, 7) is 0. The van der Waals surface area contributed by atoms with Crippen LogP contribution in [0.25, 0.3) is 22.4 Å². The first-order valence-corrected chi connectivity index (χ1v) is 9.08. The van der Waals surface area contributed by atoms with Crippen LogP contribution in [0.3, 0.4) is 0 Å². The molecule has 4 rings (SSSR count). The van der Waals surface area contributed by atoms with E-state index in [0.29, 0.717) is 22.3 Å². The number of carbonyl (C=O) groups is 1. The largest absolute Gasteiger partial charge is 0.508 e. The number of nitrogens with one attached hydrogen (secondary N) is 2. The highest BCUT2D eigenvalue weighted by molar-refractivity contribution is 7.71. The van der Waals surface area contributed by atoms with Gasteiger partial charge in [-0.25, -0.2) is 4.90 Å². The van der Waals surface area contributed by atoms with Gasteiger partial charge < -0.3 is 10.2 Å². The van der Waals surface area contributed by atoms with Gasteiger partial charge in [0.1, 0.15) is 21.8 Å².